The summed E-state index contributed by atoms with van der Waals surface area (Å²) in [5.41, 5.74) is 0. The Hall–Kier alpha value is 2.40. The Labute approximate surface area is 125 Å². The van der Waals surface area contributed by atoms with Crippen molar-refractivity contribution in [3.63, 3.8) is 0 Å². The van der Waals surface area contributed by atoms with Crippen LogP contribution in [0.2, 0.25) is 0 Å². The van der Waals surface area contributed by atoms with Crippen LogP contribution >= 0.6 is 59.9 Å². The summed E-state index contributed by atoms with van der Waals surface area (Å²) < 4.78 is 0. The Morgan fingerprint density at radius 2 is 1.43 bits per heavy atom. The number of likely N-dealkylation sites (tertiary alicyclic amines) is 1. The summed E-state index contributed by atoms with van der Waals surface area (Å²) in [5.74, 6) is 0.420. The van der Waals surface area contributed by atoms with E-state index in [9.17, 15) is 4.79 Å². The fourth-order valence-electron chi connectivity index (χ4n) is 0.868. The van der Waals surface area contributed by atoms with Crippen LogP contribution in [0.25, 0.3) is 0 Å². The minimum atomic E-state index is -0.278. The number of Topliss-reactive ketones (excluding diaryl/α,β-unsaturated/α-hetero) is 1. The van der Waals surface area contributed by atoms with Gasteiger partial charge in [-0.25, -0.2) is 0 Å². The zero-order valence-corrected chi connectivity index (χ0v) is 16.6. The molecule has 1 rings (SSSR count). The molecular formula is C8H17I3NOV. The average Bonchev–Trinajstić information content (AvgIpc) is 2.13. The predicted molar refractivity (Wildman–Crippen MR) is 85.1 cm³/mol. The zero-order valence-electron chi connectivity index (χ0n) is 8.76. The van der Waals surface area contributed by atoms with Crippen LogP contribution < -0.4 is 0 Å². The van der Waals surface area contributed by atoms with Crippen molar-refractivity contribution in [1.82, 2.24) is 4.90 Å². The number of rotatable bonds is 0. The van der Waals surface area contributed by atoms with E-state index in [1.54, 1.807) is 0 Å². The maximum absolute atomic E-state index is 10.6. The van der Waals surface area contributed by atoms with E-state index in [0.717, 1.165) is 25.9 Å². The van der Waals surface area contributed by atoms with Crippen molar-refractivity contribution in [2.24, 2.45) is 0 Å². The van der Waals surface area contributed by atoms with Crippen molar-refractivity contribution in [3.05, 3.63) is 0 Å². The molecule has 1 saturated heterocycles. The van der Waals surface area contributed by atoms with Gasteiger partial charge in [0.2, 0.25) is 0 Å². The van der Waals surface area contributed by atoms with Gasteiger partial charge >= 0.3 is 64.9 Å². The first-order chi connectivity index (χ1) is 6.52. The van der Waals surface area contributed by atoms with Gasteiger partial charge in [-0.15, -0.1) is 0 Å². The SMILES string of the molecule is CC.CN1CCC(=O)CC1.[I][V]([I])[I]. The van der Waals surface area contributed by atoms with E-state index in [4.69, 9.17) is 0 Å². The fraction of sp³-hybridized carbons (Fsp3) is 0.875. The van der Waals surface area contributed by atoms with Crippen LogP contribution in [0.3, 0.4) is 0 Å². The molecule has 1 aliphatic heterocycles. The van der Waals surface area contributed by atoms with Crippen LogP contribution in [-0.4, -0.2) is 30.8 Å². The monoisotopic (exact) mass is 575 g/mol. The molecule has 14 heavy (non-hydrogen) atoms. The molecule has 0 aromatic rings. The number of piperidine rings is 1. The van der Waals surface area contributed by atoms with Crippen molar-refractivity contribution >= 4 is 65.7 Å². The van der Waals surface area contributed by atoms with Gasteiger partial charge < -0.3 is 4.90 Å². The molecule has 0 saturated carbocycles. The van der Waals surface area contributed by atoms with Gasteiger partial charge in [0.1, 0.15) is 5.78 Å². The van der Waals surface area contributed by atoms with Crippen LogP contribution in [-0.2, 0) is 9.72 Å². The molecule has 1 aliphatic rings. The predicted octanol–water partition coefficient (Wildman–Crippen LogP) is 3.96. The Morgan fingerprint density at radius 1 is 1.14 bits per heavy atom. The van der Waals surface area contributed by atoms with Crippen molar-refractivity contribution in [2.45, 2.75) is 26.7 Å². The van der Waals surface area contributed by atoms with E-state index in [0.29, 0.717) is 5.78 Å². The third-order valence-corrected chi connectivity index (χ3v) is 1.54. The Balaban J connectivity index is 0. The Bertz CT molecular complexity index is 134. The number of hydrogen-bond donors (Lipinski definition) is 0. The van der Waals surface area contributed by atoms with Gasteiger partial charge in [-0.05, 0) is 7.05 Å². The summed E-state index contributed by atoms with van der Waals surface area (Å²) in [6.45, 7) is 5.91. The van der Waals surface area contributed by atoms with Crippen molar-refractivity contribution in [3.8, 4) is 0 Å². The molecule has 86 valence electrons. The maximum atomic E-state index is 10.6. The molecule has 1 fully saturated rings. The van der Waals surface area contributed by atoms with Gasteiger partial charge in [0.25, 0.3) is 0 Å². The Morgan fingerprint density at radius 3 is 1.64 bits per heavy atom. The summed E-state index contributed by atoms with van der Waals surface area (Å²) in [6.07, 6.45) is 1.52. The molecule has 6 heteroatoms. The van der Waals surface area contributed by atoms with Gasteiger partial charge in [-0.1, -0.05) is 13.8 Å². The van der Waals surface area contributed by atoms with E-state index in [1.165, 1.54) is 0 Å². The first-order valence-electron chi connectivity index (χ1n) is 4.50. The second-order valence-electron chi connectivity index (χ2n) is 2.53. The number of carbonyl (C=O) groups excluding carboxylic acids is 1. The Kier molecular flexibility index (Phi) is 18.1. The van der Waals surface area contributed by atoms with Crippen molar-refractivity contribution in [2.75, 3.05) is 20.1 Å². The van der Waals surface area contributed by atoms with E-state index < -0.39 is 0 Å². The van der Waals surface area contributed by atoms with Crippen LogP contribution in [0.15, 0.2) is 0 Å². The first kappa shape index (κ1) is 18.8. The summed E-state index contributed by atoms with van der Waals surface area (Å²) in [7, 11) is 2.05. The summed E-state index contributed by atoms with van der Waals surface area (Å²) in [5, 5.41) is 0. The summed E-state index contributed by atoms with van der Waals surface area (Å²) >= 11 is 7.39. The van der Waals surface area contributed by atoms with Crippen LogP contribution in [0.5, 0.6) is 0 Å². The van der Waals surface area contributed by atoms with E-state index in [1.807, 2.05) is 20.9 Å². The van der Waals surface area contributed by atoms with Gasteiger partial charge in [-0.2, -0.15) is 0 Å². The van der Waals surface area contributed by atoms with Crippen LogP contribution in [0.1, 0.15) is 26.7 Å². The zero-order chi connectivity index (χ0) is 11.6. The molecule has 0 aromatic heterocycles. The third-order valence-electron chi connectivity index (χ3n) is 1.54. The number of ketones is 1. The molecule has 0 aliphatic carbocycles. The number of halogens is 3. The summed E-state index contributed by atoms with van der Waals surface area (Å²) in [6, 6.07) is 0. The molecule has 1 heterocycles. The van der Waals surface area contributed by atoms with Crippen molar-refractivity contribution < 1.29 is 9.72 Å². The fourth-order valence-corrected chi connectivity index (χ4v) is 0.868. The number of carbonyl (C=O) groups is 1. The third kappa shape index (κ3) is 16.8. The standard InChI is InChI=1S/C6H11NO.C2H6.3HI.V/c1-7-4-2-6(8)3-5-7;1-2;;;;/h2-5H2,1H3;1-2H3;3*1H;/q;;;;;+3/p-3. The summed E-state index contributed by atoms with van der Waals surface area (Å²) in [4.78, 5) is 12.5. The number of nitrogens with zero attached hydrogens (tertiary/aromatic N) is 1. The molecule has 0 atom stereocenters. The number of hydrogen-bond acceptors (Lipinski definition) is 2. The van der Waals surface area contributed by atoms with Crippen LogP contribution in [0, 0.1) is 0 Å². The molecule has 2 nitrogen and oxygen atoms in total. The quantitative estimate of drug-likeness (QED) is 0.409. The van der Waals surface area contributed by atoms with E-state index >= 15 is 0 Å². The minimum absolute atomic E-state index is 0.278. The normalized spacial score (nSPS) is 16.6. The first-order valence-corrected chi connectivity index (χ1v) is 18.0. The molecule has 0 amide bonds. The second kappa shape index (κ2) is 13.5. The van der Waals surface area contributed by atoms with Gasteiger partial charge in [0.15, 0.2) is 0 Å². The van der Waals surface area contributed by atoms with Crippen molar-refractivity contribution in [1.29, 1.82) is 0 Å². The van der Waals surface area contributed by atoms with Crippen LogP contribution in [0.4, 0.5) is 0 Å². The van der Waals surface area contributed by atoms with E-state index in [2.05, 4.69) is 64.8 Å². The topological polar surface area (TPSA) is 20.3 Å². The van der Waals surface area contributed by atoms with Gasteiger partial charge in [-0.3, -0.25) is 4.79 Å². The van der Waals surface area contributed by atoms with E-state index in [-0.39, 0.29) is 4.92 Å². The molecule has 0 N–H and O–H groups in total. The molecule has 0 bridgehead atoms. The second-order valence-corrected chi connectivity index (χ2v) is 37.9. The average molecular weight is 575 g/mol. The molecule has 0 unspecified atom stereocenters. The van der Waals surface area contributed by atoms with Gasteiger partial charge in [0.05, 0.1) is 0 Å². The molecular weight excluding hydrogens is 558 g/mol. The molecule has 0 radical (unpaired) electrons. The molecule has 0 spiro atoms. The van der Waals surface area contributed by atoms with Gasteiger partial charge in [0, 0.05) is 25.9 Å². The molecule has 0 aromatic carbocycles.